The summed E-state index contributed by atoms with van der Waals surface area (Å²) in [6, 6.07) is 23.7. The Kier molecular flexibility index (Phi) is 8.79. The third-order valence-corrected chi connectivity index (χ3v) is 5.98. The largest absolute Gasteiger partial charge is 0.389 e. The molecule has 1 N–H and O–H groups in total. The van der Waals surface area contributed by atoms with Gasteiger partial charge in [0.05, 0.1) is 12.7 Å². The molecule has 3 aromatic carbocycles. The lowest BCUT2D eigenvalue weighted by atomic mass is 10.00. The molecule has 3 nitrogen and oxygen atoms in total. The second-order valence-electron chi connectivity index (χ2n) is 7.72. The van der Waals surface area contributed by atoms with Crippen LogP contribution in [0.25, 0.3) is 0 Å². The molecule has 0 saturated heterocycles. The standard InChI is InChI=1S/C25H25Cl2NO2.ClH/c26-22-9-5-19(6-10-22)25(20-7-11-23(27)12-8-20)30-17-24(29)16-28-14-13-18-3-1-2-4-21(18)15-28;/h1-12,24-25,29H,13-17H2;1H. The minimum absolute atomic E-state index is 0. The number of aliphatic hydroxyl groups excluding tert-OH is 1. The Hall–Kier alpha value is -1.59. The van der Waals surface area contributed by atoms with Gasteiger partial charge in [-0.05, 0) is 52.9 Å². The van der Waals surface area contributed by atoms with Crippen LogP contribution < -0.4 is 0 Å². The zero-order valence-electron chi connectivity index (χ0n) is 17.1. The number of nitrogens with zero attached hydrogens (tertiary/aromatic N) is 1. The normalized spacial score (nSPS) is 14.7. The van der Waals surface area contributed by atoms with Gasteiger partial charge >= 0.3 is 0 Å². The van der Waals surface area contributed by atoms with Crippen molar-refractivity contribution in [2.24, 2.45) is 0 Å². The molecule has 0 saturated carbocycles. The van der Waals surface area contributed by atoms with Crippen molar-refractivity contribution in [1.29, 1.82) is 0 Å². The van der Waals surface area contributed by atoms with Crippen LogP contribution in [-0.4, -0.2) is 35.8 Å². The molecule has 0 aliphatic carbocycles. The van der Waals surface area contributed by atoms with Crippen molar-refractivity contribution < 1.29 is 9.84 Å². The quantitative estimate of drug-likeness (QED) is 0.456. The fourth-order valence-electron chi connectivity index (χ4n) is 3.93. The first-order valence-electron chi connectivity index (χ1n) is 10.2. The topological polar surface area (TPSA) is 32.7 Å². The molecule has 1 aliphatic heterocycles. The maximum Gasteiger partial charge on any atom is 0.108 e. The van der Waals surface area contributed by atoms with Gasteiger partial charge < -0.3 is 9.84 Å². The van der Waals surface area contributed by atoms with Crippen molar-refractivity contribution in [1.82, 2.24) is 4.90 Å². The summed E-state index contributed by atoms with van der Waals surface area (Å²) in [5.41, 5.74) is 4.73. The predicted octanol–water partition coefficient (Wildman–Crippen LogP) is 5.94. The van der Waals surface area contributed by atoms with Crippen LogP contribution in [0.1, 0.15) is 28.4 Å². The number of rotatable bonds is 7. The molecule has 1 unspecified atom stereocenters. The van der Waals surface area contributed by atoms with E-state index < -0.39 is 6.10 Å². The lowest BCUT2D eigenvalue weighted by Crippen LogP contribution is -2.38. The van der Waals surface area contributed by atoms with Crippen LogP contribution in [0.3, 0.4) is 0 Å². The molecule has 0 spiro atoms. The van der Waals surface area contributed by atoms with Crippen molar-refractivity contribution in [2.45, 2.75) is 25.2 Å². The number of ether oxygens (including phenoxy) is 1. The lowest BCUT2D eigenvalue weighted by molar-refractivity contribution is -0.0100. The Bertz CT molecular complexity index is 918. The van der Waals surface area contributed by atoms with Crippen LogP contribution >= 0.6 is 35.6 Å². The highest BCUT2D eigenvalue weighted by molar-refractivity contribution is 6.30. The van der Waals surface area contributed by atoms with E-state index in [2.05, 4.69) is 29.2 Å². The van der Waals surface area contributed by atoms with Crippen molar-refractivity contribution in [3.8, 4) is 0 Å². The average Bonchev–Trinajstić information content (AvgIpc) is 2.76. The summed E-state index contributed by atoms with van der Waals surface area (Å²) >= 11 is 12.1. The van der Waals surface area contributed by atoms with E-state index in [9.17, 15) is 5.11 Å². The van der Waals surface area contributed by atoms with E-state index in [4.69, 9.17) is 27.9 Å². The molecule has 0 aromatic heterocycles. The number of hydrogen-bond acceptors (Lipinski definition) is 3. The molecular weight excluding hydrogens is 453 g/mol. The third-order valence-electron chi connectivity index (χ3n) is 5.48. The van der Waals surface area contributed by atoms with Gasteiger partial charge in [-0.25, -0.2) is 0 Å². The summed E-state index contributed by atoms with van der Waals surface area (Å²) in [6.45, 7) is 2.65. The Morgan fingerprint density at radius 3 is 1.97 bits per heavy atom. The van der Waals surface area contributed by atoms with E-state index in [1.165, 1.54) is 11.1 Å². The van der Waals surface area contributed by atoms with Gasteiger partial charge in [-0.1, -0.05) is 71.7 Å². The van der Waals surface area contributed by atoms with Gasteiger partial charge in [-0.2, -0.15) is 0 Å². The highest BCUT2D eigenvalue weighted by Gasteiger charge is 2.21. The fourth-order valence-corrected chi connectivity index (χ4v) is 4.18. The van der Waals surface area contributed by atoms with E-state index in [-0.39, 0.29) is 25.1 Å². The molecule has 164 valence electrons. The van der Waals surface area contributed by atoms with Gasteiger partial charge in [0.25, 0.3) is 0 Å². The summed E-state index contributed by atoms with van der Waals surface area (Å²) in [5.74, 6) is 0. The number of aliphatic hydroxyl groups is 1. The van der Waals surface area contributed by atoms with E-state index in [1.54, 1.807) is 0 Å². The monoisotopic (exact) mass is 477 g/mol. The van der Waals surface area contributed by atoms with Gasteiger partial charge in [-0.3, -0.25) is 4.90 Å². The fraction of sp³-hybridized carbons (Fsp3) is 0.280. The molecule has 4 rings (SSSR count). The second-order valence-corrected chi connectivity index (χ2v) is 8.60. The van der Waals surface area contributed by atoms with Crippen LogP contribution in [0, 0.1) is 0 Å². The summed E-state index contributed by atoms with van der Waals surface area (Å²) < 4.78 is 6.20. The number of fused-ring (bicyclic) bond motifs is 1. The zero-order chi connectivity index (χ0) is 20.9. The van der Waals surface area contributed by atoms with E-state index in [0.29, 0.717) is 16.6 Å². The Labute approximate surface area is 200 Å². The summed E-state index contributed by atoms with van der Waals surface area (Å²) in [5, 5.41) is 12.0. The maximum atomic E-state index is 10.7. The average molecular weight is 479 g/mol. The predicted molar refractivity (Wildman–Crippen MR) is 129 cm³/mol. The molecule has 0 fully saturated rings. The number of benzene rings is 3. The van der Waals surface area contributed by atoms with Gasteiger partial charge in [0.2, 0.25) is 0 Å². The van der Waals surface area contributed by atoms with Crippen molar-refractivity contribution in [2.75, 3.05) is 19.7 Å². The first kappa shape index (κ1) is 24.1. The summed E-state index contributed by atoms with van der Waals surface area (Å²) in [6.07, 6.45) is 0.149. The molecule has 6 heteroatoms. The molecule has 0 bridgehead atoms. The SMILES string of the molecule is Cl.OC(COC(c1ccc(Cl)cc1)c1ccc(Cl)cc1)CN1CCc2ccccc2C1. The van der Waals surface area contributed by atoms with Gasteiger partial charge in [0, 0.05) is 29.7 Å². The Balaban J connectivity index is 0.00000272. The van der Waals surface area contributed by atoms with Crippen LogP contribution in [0.2, 0.25) is 10.0 Å². The molecule has 1 atom stereocenters. The highest BCUT2D eigenvalue weighted by Crippen LogP contribution is 2.28. The van der Waals surface area contributed by atoms with Gasteiger partial charge in [0.1, 0.15) is 6.10 Å². The lowest BCUT2D eigenvalue weighted by Gasteiger charge is -2.30. The zero-order valence-corrected chi connectivity index (χ0v) is 19.4. The maximum absolute atomic E-state index is 10.7. The number of halogens is 3. The van der Waals surface area contributed by atoms with E-state index in [1.807, 2.05) is 48.5 Å². The van der Waals surface area contributed by atoms with Crippen LogP contribution in [0.5, 0.6) is 0 Å². The summed E-state index contributed by atoms with van der Waals surface area (Å²) in [4.78, 5) is 2.29. The smallest absolute Gasteiger partial charge is 0.108 e. The van der Waals surface area contributed by atoms with E-state index in [0.717, 1.165) is 30.6 Å². The Morgan fingerprint density at radius 2 is 1.39 bits per heavy atom. The molecule has 1 aliphatic rings. The van der Waals surface area contributed by atoms with Gasteiger partial charge in [-0.15, -0.1) is 12.4 Å². The first-order chi connectivity index (χ1) is 14.6. The molecule has 0 amide bonds. The summed E-state index contributed by atoms with van der Waals surface area (Å²) in [7, 11) is 0. The number of hydrogen-bond donors (Lipinski definition) is 1. The van der Waals surface area contributed by atoms with Crippen molar-refractivity contribution in [3.63, 3.8) is 0 Å². The molecule has 31 heavy (non-hydrogen) atoms. The highest BCUT2D eigenvalue weighted by atomic mass is 35.5. The molecule has 1 heterocycles. The minimum Gasteiger partial charge on any atom is -0.389 e. The third kappa shape index (κ3) is 6.45. The van der Waals surface area contributed by atoms with Crippen molar-refractivity contribution in [3.05, 3.63) is 105 Å². The second kappa shape index (κ2) is 11.3. The molecule has 3 aromatic rings. The Morgan fingerprint density at radius 1 is 0.839 bits per heavy atom. The van der Waals surface area contributed by atoms with Crippen LogP contribution in [0.15, 0.2) is 72.8 Å². The molecule has 0 radical (unpaired) electrons. The van der Waals surface area contributed by atoms with Crippen LogP contribution in [0.4, 0.5) is 0 Å². The first-order valence-corrected chi connectivity index (χ1v) is 10.9. The van der Waals surface area contributed by atoms with Crippen LogP contribution in [-0.2, 0) is 17.7 Å². The van der Waals surface area contributed by atoms with Gasteiger partial charge in [0.15, 0.2) is 0 Å². The van der Waals surface area contributed by atoms with E-state index >= 15 is 0 Å². The minimum atomic E-state index is -0.572. The molecular formula is C25H26Cl3NO2. The van der Waals surface area contributed by atoms with Crippen molar-refractivity contribution >= 4 is 35.6 Å². The number of β-amino-alcohol motifs (C(OH)–C–C–N with tert-alkyl or cyclic N) is 1.